The first-order valence-electron chi connectivity index (χ1n) is 8.46. The van der Waals surface area contributed by atoms with Crippen molar-refractivity contribution in [2.24, 2.45) is 5.92 Å². The van der Waals surface area contributed by atoms with Crippen LogP contribution in [0.4, 0.5) is 0 Å². The van der Waals surface area contributed by atoms with Crippen LogP contribution >= 0.6 is 11.3 Å². The molecule has 1 amide bonds. The Morgan fingerprint density at radius 3 is 2.68 bits per heavy atom. The number of likely N-dealkylation sites (N-methyl/N-ethyl adjacent to an activating group) is 1. The van der Waals surface area contributed by atoms with E-state index in [0.717, 1.165) is 45.6 Å². The minimum absolute atomic E-state index is 0.260. The first-order valence-corrected chi connectivity index (χ1v) is 9.40. The average molecular weight is 321 g/mol. The summed E-state index contributed by atoms with van der Waals surface area (Å²) >= 11 is 1.74. The molecule has 1 aliphatic heterocycles. The van der Waals surface area contributed by atoms with Crippen LogP contribution in [0.1, 0.15) is 37.3 Å². The number of thiophene rings is 1. The second kappa shape index (κ2) is 7.57. The van der Waals surface area contributed by atoms with Gasteiger partial charge in [-0.15, -0.1) is 0 Å². The van der Waals surface area contributed by atoms with Crippen LogP contribution in [0.3, 0.4) is 0 Å². The molecule has 1 atom stereocenters. The summed E-state index contributed by atoms with van der Waals surface area (Å²) in [5, 5.41) is 7.59. The monoisotopic (exact) mass is 321 g/mol. The smallest absolute Gasteiger partial charge is 0.223 e. The van der Waals surface area contributed by atoms with Gasteiger partial charge in [-0.25, -0.2) is 0 Å². The average Bonchev–Trinajstić information content (AvgIpc) is 3.22. The summed E-state index contributed by atoms with van der Waals surface area (Å²) in [5.41, 5.74) is 1.35. The van der Waals surface area contributed by atoms with Gasteiger partial charge in [-0.3, -0.25) is 9.69 Å². The topological polar surface area (TPSA) is 35.6 Å². The molecule has 5 heteroatoms. The first kappa shape index (κ1) is 16.0. The van der Waals surface area contributed by atoms with E-state index in [1.54, 1.807) is 11.3 Å². The molecule has 0 spiro atoms. The van der Waals surface area contributed by atoms with Gasteiger partial charge in [0.1, 0.15) is 0 Å². The van der Waals surface area contributed by atoms with E-state index in [-0.39, 0.29) is 11.8 Å². The number of carbonyl (C=O) groups excluding carboxylic acids is 1. The fourth-order valence-electron chi connectivity index (χ4n) is 3.59. The molecule has 0 aromatic carbocycles. The van der Waals surface area contributed by atoms with E-state index in [0.29, 0.717) is 6.04 Å². The summed E-state index contributed by atoms with van der Waals surface area (Å²) in [6, 6.07) is 2.53. The zero-order valence-corrected chi connectivity index (χ0v) is 14.3. The number of hydrogen-bond donors (Lipinski definition) is 1. The van der Waals surface area contributed by atoms with E-state index in [1.165, 1.54) is 18.4 Å². The van der Waals surface area contributed by atoms with E-state index in [2.05, 4.69) is 39.0 Å². The Labute approximate surface area is 137 Å². The van der Waals surface area contributed by atoms with Crippen LogP contribution in [0.15, 0.2) is 16.8 Å². The summed E-state index contributed by atoms with van der Waals surface area (Å²) in [6.07, 6.45) is 4.57. The molecule has 1 aromatic heterocycles. The summed E-state index contributed by atoms with van der Waals surface area (Å²) < 4.78 is 0. The number of amides is 1. The fraction of sp³-hybridized carbons (Fsp3) is 0.706. The summed E-state index contributed by atoms with van der Waals surface area (Å²) in [5.74, 6) is 0.530. The van der Waals surface area contributed by atoms with E-state index in [1.807, 2.05) is 0 Å². The van der Waals surface area contributed by atoms with E-state index >= 15 is 0 Å². The molecule has 4 nitrogen and oxygen atoms in total. The highest BCUT2D eigenvalue weighted by atomic mass is 32.1. The van der Waals surface area contributed by atoms with Gasteiger partial charge in [0, 0.05) is 38.6 Å². The van der Waals surface area contributed by atoms with Crippen molar-refractivity contribution in [3.8, 4) is 0 Å². The Hall–Kier alpha value is -0.910. The van der Waals surface area contributed by atoms with Gasteiger partial charge in [-0.2, -0.15) is 11.3 Å². The second-order valence-corrected chi connectivity index (χ2v) is 7.42. The molecule has 0 bridgehead atoms. The van der Waals surface area contributed by atoms with Crippen LogP contribution in [-0.4, -0.2) is 55.5 Å². The highest BCUT2D eigenvalue weighted by Gasteiger charge is 2.27. The highest BCUT2D eigenvalue weighted by molar-refractivity contribution is 7.07. The Kier molecular flexibility index (Phi) is 5.50. The van der Waals surface area contributed by atoms with Crippen molar-refractivity contribution in [1.82, 2.24) is 15.1 Å². The second-order valence-electron chi connectivity index (χ2n) is 6.64. The Balaban J connectivity index is 1.60. The third-order valence-electron chi connectivity index (χ3n) is 5.10. The van der Waals surface area contributed by atoms with Crippen molar-refractivity contribution in [1.29, 1.82) is 0 Å². The number of carbonyl (C=O) groups is 1. The molecule has 122 valence electrons. The maximum atomic E-state index is 12.3. The fourth-order valence-corrected chi connectivity index (χ4v) is 4.29. The van der Waals surface area contributed by atoms with Crippen molar-refractivity contribution in [2.75, 3.05) is 39.8 Å². The predicted octanol–water partition coefficient (Wildman–Crippen LogP) is 2.34. The Morgan fingerprint density at radius 1 is 1.32 bits per heavy atom. The summed E-state index contributed by atoms with van der Waals surface area (Å²) in [7, 11) is 2.18. The van der Waals surface area contributed by atoms with Gasteiger partial charge in [0.15, 0.2) is 0 Å². The van der Waals surface area contributed by atoms with Gasteiger partial charge in [0.2, 0.25) is 5.91 Å². The highest BCUT2D eigenvalue weighted by Crippen LogP contribution is 2.26. The van der Waals surface area contributed by atoms with Gasteiger partial charge in [-0.05, 0) is 42.3 Å². The van der Waals surface area contributed by atoms with Crippen LogP contribution in [0.2, 0.25) is 0 Å². The quantitative estimate of drug-likeness (QED) is 0.904. The van der Waals surface area contributed by atoms with Crippen LogP contribution < -0.4 is 5.32 Å². The number of rotatable bonds is 5. The van der Waals surface area contributed by atoms with E-state index in [4.69, 9.17) is 0 Å². The molecule has 1 saturated heterocycles. The molecule has 1 aliphatic carbocycles. The molecule has 1 saturated carbocycles. The lowest BCUT2D eigenvalue weighted by molar-refractivity contribution is -0.125. The SMILES string of the molecule is CN1CCN(C(CNC(=O)C2CCCC2)c2ccsc2)CC1. The largest absolute Gasteiger partial charge is 0.354 e. The lowest BCUT2D eigenvalue weighted by atomic mass is 10.1. The van der Waals surface area contributed by atoms with Crippen LogP contribution in [0.25, 0.3) is 0 Å². The molecule has 3 rings (SSSR count). The minimum atomic E-state index is 0.260. The van der Waals surface area contributed by atoms with Crippen LogP contribution in [0, 0.1) is 5.92 Å². The molecule has 1 N–H and O–H groups in total. The zero-order chi connectivity index (χ0) is 15.4. The predicted molar refractivity (Wildman–Crippen MR) is 91.1 cm³/mol. The number of nitrogens with one attached hydrogen (secondary N) is 1. The van der Waals surface area contributed by atoms with Crippen molar-refractivity contribution < 1.29 is 4.79 Å². The lowest BCUT2D eigenvalue weighted by Crippen LogP contribution is -2.48. The third kappa shape index (κ3) is 3.89. The Morgan fingerprint density at radius 2 is 2.05 bits per heavy atom. The maximum Gasteiger partial charge on any atom is 0.223 e. The zero-order valence-electron chi connectivity index (χ0n) is 13.5. The van der Waals surface area contributed by atoms with Crippen LogP contribution in [-0.2, 0) is 4.79 Å². The van der Waals surface area contributed by atoms with Crippen molar-refractivity contribution in [3.63, 3.8) is 0 Å². The lowest BCUT2D eigenvalue weighted by Gasteiger charge is -2.38. The molecule has 0 radical (unpaired) electrons. The molecular weight excluding hydrogens is 294 g/mol. The number of nitrogens with zero attached hydrogens (tertiary/aromatic N) is 2. The van der Waals surface area contributed by atoms with Gasteiger partial charge in [0.25, 0.3) is 0 Å². The van der Waals surface area contributed by atoms with Gasteiger partial charge in [-0.1, -0.05) is 12.8 Å². The van der Waals surface area contributed by atoms with Gasteiger partial charge >= 0.3 is 0 Å². The van der Waals surface area contributed by atoms with Gasteiger partial charge < -0.3 is 10.2 Å². The number of piperazine rings is 1. The van der Waals surface area contributed by atoms with Crippen molar-refractivity contribution in [2.45, 2.75) is 31.7 Å². The van der Waals surface area contributed by atoms with E-state index in [9.17, 15) is 4.79 Å². The summed E-state index contributed by atoms with van der Waals surface area (Å²) in [6.45, 7) is 5.12. The first-order chi connectivity index (χ1) is 10.7. The molecule has 22 heavy (non-hydrogen) atoms. The summed E-state index contributed by atoms with van der Waals surface area (Å²) in [4.78, 5) is 17.2. The molecule has 2 fully saturated rings. The van der Waals surface area contributed by atoms with Crippen LogP contribution in [0.5, 0.6) is 0 Å². The maximum absolute atomic E-state index is 12.3. The van der Waals surface area contributed by atoms with E-state index < -0.39 is 0 Å². The molecule has 2 aliphatic rings. The Bertz CT molecular complexity index is 462. The normalized spacial score (nSPS) is 22.8. The van der Waals surface area contributed by atoms with Crippen molar-refractivity contribution in [3.05, 3.63) is 22.4 Å². The molecular formula is C17H27N3OS. The van der Waals surface area contributed by atoms with Crippen molar-refractivity contribution >= 4 is 17.2 Å². The third-order valence-corrected chi connectivity index (χ3v) is 5.80. The minimum Gasteiger partial charge on any atom is -0.354 e. The molecule has 1 unspecified atom stereocenters. The molecule has 1 aromatic rings. The number of hydrogen-bond acceptors (Lipinski definition) is 4. The van der Waals surface area contributed by atoms with Gasteiger partial charge in [0.05, 0.1) is 6.04 Å². The molecule has 2 heterocycles. The standard InChI is InChI=1S/C17H27N3OS/c1-19-7-9-20(10-8-19)16(15-6-11-22-13-15)12-18-17(21)14-4-2-3-5-14/h6,11,13-14,16H,2-5,7-10,12H2,1H3,(H,18,21).